The highest BCUT2D eigenvalue weighted by atomic mass is 35.5. The summed E-state index contributed by atoms with van der Waals surface area (Å²) >= 11 is 12.3. The fourth-order valence-electron chi connectivity index (χ4n) is 3.97. The number of aromatic carboxylic acids is 1. The molecule has 0 radical (unpaired) electrons. The van der Waals surface area contributed by atoms with E-state index in [0.717, 1.165) is 25.9 Å². The minimum Gasteiger partial charge on any atom is -0.478 e. The highest BCUT2D eigenvalue weighted by Gasteiger charge is 2.34. The van der Waals surface area contributed by atoms with E-state index < -0.39 is 5.97 Å². The van der Waals surface area contributed by atoms with Gasteiger partial charge in [-0.25, -0.2) is 4.79 Å². The second kappa shape index (κ2) is 8.86. The average Bonchev–Trinajstić information content (AvgIpc) is 3.23. The number of carboxylic acids is 1. The van der Waals surface area contributed by atoms with Crippen LogP contribution in [0.1, 0.15) is 28.8 Å². The molecule has 4 rings (SSSR count). The second-order valence-corrected chi connectivity index (χ2v) is 8.53. The van der Waals surface area contributed by atoms with Crippen LogP contribution >= 0.6 is 23.2 Å². The Kier molecular flexibility index (Phi) is 6.18. The molecule has 0 unspecified atom stereocenters. The van der Waals surface area contributed by atoms with Gasteiger partial charge in [-0.3, -0.25) is 19.4 Å². The van der Waals surface area contributed by atoms with Crippen molar-refractivity contribution >= 4 is 52.4 Å². The van der Waals surface area contributed by atoms with E-state index in [0.29, 0.717) is 27.0 Å². The summed E-state index contributed by atoms with van der Waals surface area (Å²) in [4.78, 5) is 42.6. The van der Waals surface area contributed by atoms with E-state index in [2.05, 4.69) is 0 Å². The Morgan fingerprint density at radius 3 is 2.42 bits per heavy atom. The van der Waals surface area contributed by atoms with Crippen molar-refractivity contribution in [2.45, 2.75) is 19.4 Å². The summed E-state index contributed by atoms with van der Waals surface area (Å²) in [5.41, 5.74) is 1.64. The van der Waals surface area contributed by atoms with E-state index in [1.165, 1.54) is 21.9 Å². The van der Waals surface area contributed by atoms with Gasteiger partial charge in [-0.2, -0.15) is 0 Å². The Morgan fingerprint density at radius 1 is 1.00 bits per heavy atom. The lowest BCUT2D eigenvalue weighted by Gasteiger charge is -2.37. The Hall–Kier alpha value is -2.61. The van der Waals surface area contributed by atoms with Gasteiger partial charge in [0.05, 0.1) is 30.0 Å². The molecule has 2 aliphatic rings. The SMILES string of the molecule is O=C(O)c1ccc2c(c1)N(C(=O)CN1CCCC1)CC(=O)N2Cc1ccc(Cl)cc1Cl. The Morgan fingerprint density at radius 2 is 1.74 bits per heavy atom. The summed E-state index contributed by atoms with van der Waals surface area (Å²) in [7, 11) is 0. The fourth-order valence-corrected chi connectivity index (χ4v) is 4.44. The van der Waals surface area contributed by atoms with Crippen molar-refractivity contribution in [3.05, 3.63) is 57.6 Å². The molecule has 7 nitrogen and oxygen atoms in total. The molecule has 0 aromatic heterocycles. The highest BCUT2D eigenvalue weighted by molar-refractivity contribution is 6.35. The molecule has 0 atom stereocenters. The molecule has 2 amide bonds. The first kappa shape index (κ1) is 21.6. The number of rotatable bonds is 5. The van der Waals surface area contributed by atoms with Crippen LogP contribution in [0.2, 0.25) is 10.0 Å². The summed E-state index contributed by atoms with van der Waals surface area (Å²) < 4.78 is 0. The van der Waals surface area contributed by atoms with Crippen molar-refractivity contribution in [3.8, 4) is 0 Å². The zero-order valence-electron chi connectivity index (χ0n) is 16.7. The van der Waals surface area contributed by atoms with Crippen LogP contribution in [-0.4, -0.2) is 54.0 Å². The zero-order chi connectivity index (χ0) is 22.1. The van der Waals surface area contributed by atoms with Gasteiger partial charge in [0, 0.05) is 10.0 Å². The second-order valence-electron chi connectivity index (χ2n) is 7.69. The van der Waals surface area contributed by atoms with Gasteiger partial charge < -0.3 is 10.0 Å². The van der Waals surface area contributed by atoms with Crippen molar-refractivity contribution < 1.29 is 19.5 Å². The quantitative estimate of drug-likeness (QED) is 0.734. The number of hydrogen-bond acceptors (Lipinski definition) is 4. The number of carboxylic acid groups (broad SMARTS) is 1. The van der Waals surface area contributed by atoms with Gasteiger partial charge in [-0.05, 0) is 61.8 Å². The molecular formula is C22H21Cl2N3O4. The van der Waals surface area contributed by atoms with Gasteiger partial charge in [0.2, 0.25) is 11.8 Å². The van der Waals surface area contributed by atoms with E-state index in [1.54, 1.807) is 24.3 Å². The maximum absolute atomic E-state index is 13.0. The number of hydrogen-bond donors (Lipinski definition) is 1. The van der Waals surface area contributed by atoms with Crippen molar-refractivity contribution in [3.63, 3.8) is 0 Å². The molecule has 1 N–H and O–H groups in total. The Balaban J connectivity index is 1.69. The molecule has 31 heavy (non-hydrogen) atoms. The molecule has 0 spiro atoms. The van der Waals surface area contributed by atoms with Gasteiger partial charge in [-0.1, -0.05) is 29.3 Å². The first-order valence-corrected chi connectivity index (χ1v) is 10.7. The van der Waals surface area contributed by atoms with Gasteiger partial charge >= 0.3 is 5.97 Å². The molecule has 2 aliphatic heterocycles. The lowest BCUT2D eigenvalue weighted by Crippen LogP contribution is -2.50. The molecule has 2 aromatic carbocycles. The van der Waals surface area contributed by atoms with E-state index in [-0.39, 0.29) is 37.0 Å². The summed E-state index contributed by atoms with van der Waals surface area (Å²) in [5, 5.41) is 10.4. The van der Waals surface area contributed by atoms with Gasteiger partial charge in [-0.15, -0.1) is 0 Å². The van der Waals surface area contributed by atoms with Gasteiger partial charge in [0.15, 0.2) is 0 Å². The van der Waals surface area contributed by atoms with E-state index >= 15 is 0 Å². The normalized spacial score (nSPS) is 16.5. The van der Waals surface area contributed by atoms with Gasteiger partial charge in [0.25, 0.3) is 0 Å². The predicted molar refractivity (Wildman–Crippen MR) is 119 cm³/mol. The number of halogens is 2. The monoisotopic (exact) mass is 461 g/mol. The summed E-state index contributed by atoms with van der Waals surface area (Å²) in [6.07, 6.45) is 2.09. The molecule has 9 heteroatoms. The topological polar surface area (TPSA) is 81.2 Å². The maximum atomic E-state index is 13.0. The van der Waals surface area contributed by atoms with E-state index in [1.807, 2.05) is 4.90 Å². The van der Waals surface area contributed by atoms with Crippen LogP contribution in [0.25, 0.3) is 0 Å². The number of amides is 2. The summed E-state index contributed by atoms with van der Waals surface area (Å²) in [5.74, 6) is -1.58. The van der Waals surface area contributed by atoms with E-state index in [4.69, 9.17) is 23.2 Å². The number of nitrogens with zero attached hydrogens (tertiary/aromatic N) is 3. The molecule has 0 aliphatic carbocycles. The number of benzene rings is 2. The van der Waals surface area contributed by atoms with Crippen molar-refractivity contribution in [1.29, 1.82) is 0 Å². The zero-order valence-corrected chi connectivity index (χ0v) is 18.2. The molecule has 0 saturated carbocycles. The smallest absolute Gasteiger partial charge is 0.335 e. The molecule has 1 saturated heterocycles. The van der Waals surface area contributed by atoms with Crippen LogP contribution in [-0.2, 0) is 16.1 Å². The highest BCUT2D eigenvalue weighted by Crippen LogP contribution is 2.37. The van der Waals surface area contributed by atoms with Crippen LogP contribution in [0, 0.1) is 0 Å². The number of carbonyl (C=O) groups excluding carboxylic acids is 2. The summed E-state index contributed by atoms with van der Waals surface area (Å²) in [6.45, 7) is 1.91. The Labute approximate surface area is 189 Å². The van der Waals surface area contributed by atoms with Gasteiger partial charge in [0.1, 0.15) is 6.54 Å². The van der Waals surface area contributed by atoms with Crippen molar-refractivity contribution in [1.82, 2.24) is 4.90 Å². The molecule has 162 valence electrons. The largest absolute Gasteiger partial charge is 0.478 e. The van der Waals surface area contributed by atoms with E-state index in [9.17, 15) is 19.5 Å². The minimum atomic E-state index is -1.10. The first-order chi connectivity index (χ1) is 14.8. The molecule has 1 fully saturated rings. The number of likely N-dealkylation sites (tertiary alicyclic amines) is 1. The molecule has 0 bridgehead atoms. The van der Waals surface area contributed by atoms with Crippen LogP contribution < -0.4 is 9.80 Å². The van der Waals surface area contributed by atoms with Crippen molar-refractivity contribution in [2.24, 2.45) is 0 Å². The lowest BCUT2D eigenvalue weighted by molar-refractivity contribution is -0.123. The third kappa shape index (κ3) is 4.54. The first-order valence-electron chi connectivity index (χ1n) is 9.98. The number of fused-ring (bicyclic) bond motifs is 1. The van der Waals surface area contributed by atoms with Crippen molar-refractivity contribution in [2.75, 3.05) is 36.0 Å². The number of carbonyl (C=O) groups is 3. The third-order valence-electron chi connectivity index (χ3n) is 5.60. The van der Waals surface area contributed by atoms with Crippen LogP contribution in [0.15, 0.2) is 36.4 Å². The van der Waals surface area contributed by atoms with Crippen LogP contribution in [0.4, 0.5) is 11.4 Å². The minimum absolute atomic E-state index is 0.0524. The fraction of sp³-hybridized carbons (Fsp3) is 0.318. The summed E-state index contributed by atoms with van der Waals surface area (Å²) in [6, 6.07) is 9.48. The predicted octanol–water partition coefficient (Wildman–Crippen LogP) is 3.67. The van der Waals surface area contributed by atoms with Crippen LogP contribution in [0.3, 0.4) is 0 Å². The standard InChI is InChI=1S/C22H21Cl2N3O4/c23-16-5-3-15(17(24)10-16)11-26-18-6-4-14(22(30)31)9-19(18)27(13-21(26)29)20(28)12-25-7-1-2-8-25/h3-6,9-10H,1-2,7-8,11-13H2,(H,30,31). The molecule has 2 aromatic rings. The third-order valence-corrected chi connectivity index (χ3v) is 6.19. The lowest BCUT2D eigenvalue weighted by atomic mass is 10.1. The molecular weight excluding hydrogens is 441 g/mol. The van der Waals surface area contributed by atoms with Crippen LogP contribution in [0.5, 0.6) is 0 Å². The Bertz CT molecular complexity index is 1050. The maximum Gasteiger partial charge on any atom is 0.335 e. The molecule has 2 heterocycles. The number of anilines is 2. The average molecular weight is 462 g/mol.